The molecule has 0 fully saturated rings. The van der Waals surface area contributed by atoms with Crippen LogP contribution >= 0.6 is 15.9 Å². The zero-order valence-corrected chi connectivity index (χ0v) is 9.74. The third-order valence-corrected chi connectivity index (χ3v) is 2.65. The molecule has 0 saturated carbocycles. The molecule has 1 rings (SSSR count). The molecule has 0 aliphatic rings. The molecule has 0 N–H and O–H groups in total. The van der Waals surface area contributed by atoms with Crippen molar-refractivity contribution < 1.29 is 4.92 Å². The van der Waals surface area contributed by atoms with Crippen LogP contribution in [0.25, 0.3) is 0 Å². The Hall–Kier alpha value is -0.900. The van der Waals surface area contributed by atoms with E-state index in [9.17, 15) is 10.1 Å². The van der Waals surface area contributed by atoms with E-state index in [1.165, 1.54) is 0 Å². The van der Waals surface area contributed by atoms with E-state index in [1.54, 1.807) is 12.1 Å². The maximum Gasteiger partial charge on any atom is 0.273 e. The van der Waals surface area contributed by atoms with Crippen LogP contribution in [0.15, 0.2) is 22.7 Å². The Morgan fingerprint density at radius 2 is 2.14 bits per heavy atom. The molecule has 0 aliphatic carbocycles. The maximum atomic E-state index is 10.7. The first-order valence-corrected chi connectivity index (χ1v) is 5.23. The molecule has 0 amide bonds. The molecule has 76 valence electrons. The Bertz CT molecular complexity index is 350. The molecule has 0 atom stereocenters. The van der Waals surface area contributed by atoms with Gasteiger partial charge in [-0.1, -0.05) is 35.8 Å². The van der Waals surface area contributed by atoms with E-state index in [-0.39, 0.29) is 10.6 Å². The van der Waals surface area contributed by atoms with Gasteiger partial charge in [0.25, 0.3) is 5.69 Å². The minimum absolute atomic E-state index is 0.202. The summed E-state index contributed by atoms with van der Waals surface area (Å²) in [5, 5.41) is 10.7. The summed E-state index contributed by atoms with van der Waals surface area (Å²) in [5.74, 6) is 0.410. The zero-order valence-electron chi connectivity index (χ0n) is 8.16. The van der Waals surface area contributed by atoms with E-state index in [1.807, 2.05) is 19.9 Å². The molecule has 0 bridgehead atoms. The second-order valence-electron chi connectivity index (χ2n) is 3.59. The summed E-state index contributed by atoms with van der Waals surface area (Å²) in [5.41, 5.74) is 0.987. The van der Waals surface area contributed by atoms with E-state index in [2.05, 4.69) is 15.9 Å². The molecule has 0 spiro atoms. The Labute approximate surface area is 91.4 Å². The summed E-state index contributed by atoms with van der Waals surface area (Å²) >= 11 is 3.34. The largest absolute Gasteiger partial charge is 0.273 e. The highest BCUT2D eigenvalue weighted by atomic mass is 79.9. The minimum Gasteiger partial charge on any atom is -0.258 e. The van der Waals surface area contributed by atoms with Gasteiger partial charge in [0, 0.05) is 16.1 Å². The quantitative estimate of drug-likeness (QED) is 0.614. The number of halogens is 1. The van der Waals surface area contributed by atoms with Crippen LogP contribution in [0.1, 0.15) is 19.4 Å². The molecule has 0 aliphatic heterocycles. The van der Waals surface area contributed by atoms with Gasteiger partial charge in [-0.2, -0.15) is 0 Å². The summed E-state index contributed by atoms with van der Waals surface area (Å²) in [6, 6.07) is 5.07. The van der Waals surface area contributed by atoms with Crippen LogP contribution in [-0.2, 0) is 6.42 Å². The summed E-state index contributed by atoms with van der Waals surface area (Å²) in [6.07, 6.45) is 0.720. The van der Waals surface area contributed by atoms with Gasteiger partial charge < -0.3 is 0 Å². The lowest BCUT2D eigenvalue weighted by Gasteiger charge is -2.07. The van der Waals surface area contributed by atoms with E-state index >= 15 is 0 Å². The summed E-state index contributed by atoms with van der Waals surface area (Å²) in [7, 11) is 0. The van der Waals surface area contributed by atoms with Crippen molar-refractivity contribution in [3.8, 4) is 0 Å². The average Bonchev–Trinajstić information content (AvgIpc) is 2.07. The number of nitro groups is 1. The fourth-order valence-corrected chi connectivity index (χ4v) is 1.85. The van der Waals surface area contributed by atoms with Crippen LogP contribution in [0.3, 0.4) is 0 Å². The molecule has 1 aromatic rings. The number of benzene rings is 1. The zero-order chi connectivity index (χ0) is 10.7. The molecular weight excluding hydrogens is 246 g/mol. The third-order valence-electron chi connectivity index (χ3n) is 1.90. The van der Waals surface area contributed by atoms with Crippen LogP contribution < -0.4 is 0 Å². The van der Waals surface area contributed by atoms with Gasteiger partial charge in [0.1, 0.15) is 0 Å². The molecule has 0 aromatic heterocycles. The van der Waals surface area contributed by atoms with Crippen LogP contribution in [-0.4, -0.2) is 4.92 Å². The molecular formula is C10H12BrNO2. The van der Waals surface area contributed by atoms with E-state index in [0.717, 1.165) is 16.5 Å². The van der Waals surface area contributed by atoms with Crippen molar-refractivity contribution in [3.05, 3.63) is 38.3 Å². The van der Waals surface area contributed by atoms with Crippen molar-refractivity contribution in [1.29, 1.82) is 0 Å². The van der Waals surface area contributed by atoms with Gasteiger partial charge >= 0.3 is 0 Å². The van der Waals surface area contributed by atoms with Gasteiger partial charge in [-0.3, -0.25) is 10.1 Å². The van der Waals surface area contributed by atoms with Crippen LogP contribution in [0.2, 0.25) is 0 Å². The number of hydrogen-bond acceptors (Lipinski definition) is 2. The lowest BCUT2D eigenvalue weighted by molar-refractivity contribution is -0.385. The van der Waals surface area contributed by atoms with Crippen molar-refractivity contribution in [3.63, 3.8) is 0 Å². The van der Waals surface area contributed by atoms with E-state index < -0.39 is 0 Å². The van der Waals surface area contributed by atoms with Gasteiger partial charge in [-0.05, 0) is 18.4 Å². The predicted octanol–water partition coefficient (Wildman–Crippen LogP) is 3.56. The van der Waals surface area contributed by atoms with E-state index in [4.69, 9.17) is 0 Å². The molecule has 1 aromatic carbocycles. The highest BCUT2D eigenvalue weighted by Crippen LogP contribution is 2.28. The highest BCUT2D eigenvalue weighted by molar-refractivity contribution is 9.10. The minimum atomic E-state index is -0.331. The molecule has 0 saturated heterocycles. The van der Waals surface area contributed by atoms with E-state index in [0.29, 0.717) is 5.92 Å². The molecule has 3 nitrogen and oxygen atoms in total. The maximum absolute atomic E-state index is 10.7. The highest BCUT2D eigenvalue weighted by Gasteiger charge is 2.16. The SMILES string of the molecule is CC(C)Cc1c(Br)cccc1[N+](=O)[O-]. The second kappa shape index (κ2) is 4.55. The van der Waals surface area contributed by atoms with Crippen LogP contribution in [0.5, 0.6) is 0 Å². The Balaban J connectivity index is 3.15. The van der Waals surface area contributed by atoms with Crippen molar-refractivity contribution >= 4 is 21.6 Å². The van der Waals surface area contributed by atoms with Gasteiger partial charge in [0.15, 0.2) is 0 Å². The first-order valence-electron chi connectivity index (χ1n) is 4.44. The fourth-order valence-electron chi connectivity index (χ4n) is 1.33. The van der Waals surface area contributed by atoms with Gasteiger partial charge in [-0.25, -0.2) is 0 Å². The van der Waals surface area contributed by atoms with Crippen LogP contribution in [0, 0.1) is 16.0 Å². The third kappa shape index (κ3) is 2.54. The molecule has 0 unspecified atom stereocenters. The Morgan fingerprint density at radius 1 is 1.50 bits per heavy atom. The Morgan fingerprint density at radius 3 is 2.64 bits per heavy atom. The lowest BCUT2D eigenvalue weighted by Crippen LogP contribution is -2.00. The van der Waals surface area contributed by atoms with Gasteiger partial charge in [0.05, 0.1) is 4.92 Å². The summed E-state index contributed by atoms with van der Waals surface area (Å²) in [4.78, 5) is 10.4. The molecule has 14 heavy (non-hydrogen) atoms. The molecule has 0 heterocycles. The van der Waals surface area contributed by atoms with Crippen molar-refractivity contribution in [2.75, 3.05) is 0 Å². The normalized spacial score (nSPS) is 10.6. The topological polar surface area (TPSA) is 43.1 Å². The standard InChI is InChI=1S/C10H12BrNO2/c1-7(2)6-8-9(11)4-3-5-10(8)12(13)14/h3-5,7H,6H2,1-2H3. The number of hydrogen-bond donors (Lipinski definition) is 0. The van der Waals surface area contributed by atoms with Crippen molar-refractivity contribution in [1.82, 2.24) is 0 Å². The van der Waals surface area contributed by atoms with Gasteiger partial charge in [-0.15, -0.1) is 0 Å². The van der Waals surface area contributed by atoms with Crippen LogP contribution in [0.4, 0.5) is 5.69 Å². The smallest absolute Gasteiger partial charge is 0.258 e. The van der Waals surface area contributed by atoms with Crippen molar-refractivity contribution in [2.45, 2.75) is 20.3 Å². The number of nitro benzene ring substituents is 1. The second-order valence-corrected chi connectivity index (χ2v) is 4.45. The Kier molecular flexibility index (Phi) is 3.63. The summed E-state index contributed by atoms with van der Waals surface area (Å²) in [6.45, 7) is 4.09. The first kappa shape index (κ1) is 11.2. The van der Waals surface area contributed by atoms with Gasteiger partial charge in [0.2, 0.25) is 0 Å². The molecule has 4 heteroatoms. The predicted molar refractivity (Wildman–Crippen MR) is 59.3 cm³/mol. The lowest BCUT2D eigenvalue weighted by atomic mass is 10.0. The molecule has 0 radical (unpaired) electrons. The fraction of sp³-hybridized carbons (Fsp3) is 0.400. The first-order chi connectivity index (χ1) is 6.52. The monoisotopic (exact) mass is 257 g/mol. The summed E-state index contributed by atoms with van der Waals surface area (Å²) < 4.78 is 0.820. The van der Waals surface area contributed by atoms with Crippen molar-refractivity contribution in [2.24, 2.45) is 5.92 Å². The average molecular weight is 258 g/mol. The number of nitrogens with zero attached hydrogens (tertiary/aromatic N) is 1. The number of rotatable bonds is 3.